The van der Waals surface area contributed by atoms with Crippen molar-refractivity contribution in [3.63, 3.8) is 0 Å². The number of hydrogen-bond acceptors (Lipinski definition) is 3. The summed E-state index contributed by atoms with van der Waals surface area (Å²) in [5.74, 6) is 1.90. The van der Waals surface area contributed by atoms with Gasteiger partial charge in [0.1, 0.15) is 11.5 Å². The van der Waals surface area contributed by atoms with E-state index in [2.05, 4.69) is 39.4 Å². The Labute approximate surface area is 133 Å². The van der Waals surface area contributed by atoms with Crippen molar-refractivity contribution in [1.82, 2.24) is 0 Å². The molecule has 0 aliphatic carbocycles. The highest BCUT2D eigenvalue weighted by atomic mass is 79.9. The van der Waals surface area contributed by atoms with Crippen LogP contribution in [0.1, 0.15) is 11.1 Å². The Kier molecular flexibility index (Phi) is 4.34. The molecule has 21 heavy (non-hydrogen) atoms. The van der Waals surface area contributed by atoms with Crippen molar-refractivity contribution in [2.24, 2.45) is 0 Å². The highest BCUT2D eigenvalue weighted by Crippen LogP contribution is 2.28. The summed E-state index contributed by atoms with van der Waals surface area (Å²) in [6, 6.07) is 12.4. The van der Waals surface area contributed by atoms with E-state index in [4.69, 9.17) is 9.47 Å². The van der Waals surface area contributed by atoms with Crippen LogP contribution in [-0.2, 0) is 12.8 Å². The summed E-state index contributed by atoms with van der Waals surface area (Å²) in [5, 5.41) is 3.43. The Morgan fingerprint density at radius 3 is 3.00 bits per heavy atom. The van der Waals surface area contributed by atoms with Crippen LogP contribution in [0, 0.1) is 0 Å². The van der Waals surface area contributed by atoms with Crippen LogP contribution in [0.25, 0.3) is 0 Å². The molecule has 0 spiro atoms. The summed E-state index contributed by atoms with van der Waals surface area (Å²) >= 11 is 3.49. The zero-order valence-electron chi connectivity index (χ0n) is 12.0. The largest absolute Gasteiger partial charge is 0.495 e. The molecule has 4 heteroatoms. The van der Waals surface area contributed by atoms with Crippen LogP contribution in [0.3, 0.4) is 0 Å². The number of fused-ring (bicyclic) bond motifs is 1. The van der Waals surface area contributed by atoms with Gasteiger partial charge in [-0.15, -0.1) is 0 Å². The van der Waals surface area contributed by atoms with Crippen molar-refractivity contribution in [2.45, 2.75) is 12.8 Å². The minimum absolute atomic E-state index is 0.812. The van der Waals surface area contributed by atoms with Crippen molar-refractivity contribution >= 4 is 21.6 Å². The van der Waals surface area contributed by atoms with Gasteiger partial charge in [0.2, 0.25) is 0 Å². The Hall–Kier alpha value is -1.68. The molecule has 2 aromatic rings. The van der Waals surface area contributed by atoms with Crippen LogP contribution in [0.4, 0.5) is 5.69 Å². The lowest BCUT2D eigenvalue weighted by molar-refractivity contribution is 0.357. The van der Waals surface area contributed by atoms with E-state index in [0.717, 1.165) is 47.7 Å². The summed E-state index contributed by atoms with van der Waals surface area (Å²) in [7, 11) is 1.69. The molecule has 0 radical (unpaired) electrons. The molecule has 3 rings (SSSR count). The summed E-state index contributed by atoms with van der Waals surface area (Å²) in [5.41, 5.74) is 3.67. The molecule has 0 bridgehead atoms. The number of hydrogen-bond donors (Lipinski definition) is 1. The van der Waals surface area contributed by atoms with Crippen molar-refractivity contribution < 1.29 is 9.47 Å². The molecule has 1 aliphatic heterocycles. The van der Waals surface area contributed by atoms with E-state index in [0.29, 0.717) is 0 Å². The Morgan fingerprint density at radius 1 is 1.24 bits per heavy atom. The quantitative estimate of drug-likeness (QED) is 0.884. The topological polar surface area (TPSA) is 30.5 Å². The minimum atomic E-state index is 0.812. The molecule has 1 aliphatic rings. The summed E-state index contributed by atoms with van der Waals surface area (Å²) in [4.78, 5) is 0. The number of methoxy groups -OCH3 is 1. The molecule has 0 aromatic heterocycles. The fourth-order valence-corrected chi connectivity index (χ4v) is 2.92. The molecule has 0 amide bonds. The Balaban J connectivity index is 1.62. The predicted molar refractivity (Wildman–Crippen MR) is 88.5 cm³/mol. The second-order valence-corrected chi connectivity index (χ2v) is 5.98. The zero-order valence-corrected chi connectivity index (χ0v) is 13.6. The monoisotopic (exact) mass is 347 g/mol. The lowest BCUT2D eigenvalue weighted by Gasteiger charge is -2.12. The second-order valence-electron chi connectivity index (χ2n) is 5.06. The van der Waals surface area contributed by atoms with Crippen LogP contribution < -0.4 is 14.8 Å². The van der Waals surface area contributed by atoms with Gasteiger partial charge in [-0.1, -0.05) is 28.1 Å². The molecule has 110 valence electrons. The zero-order chi connectivity index (χ0) is 14.7. The maximum atomic E-state index is 5.53. The first-order valence-electron chi connectivity index (χ1n) is 7.08. The third-order valence-electron chi connectivity index (χ3n) is 3.64. The molecule has 2 aromatic carbocycles. The van der Waals surface area contributed by atoms with Crippen LogP contribution in [0.5, 0.6) is 11.5 Å². The molecule has 0 fully saturated rings. The van der Waals surface area contributed by atoms with Gasteiger partial charge in [0.15, 0.2) is 0 Å². The van der Waals surface area contributed by atoms with Gasteiger partial charge in [-0.25, -0.2) is 0 Å². The summed E-state index contributed by atoms with van der Waals surface area (Å²) in [6.07, 6.45) is 2.00. The fraction of sp³-hybridized carbons (Fsp3) is 0.294. The minimum Gasteiger partial charge on any atom is -0.495 e. The van der Waals surface area contributed by atoms with Gasteiger partial charge in [0, 0.05) is 17.4 Å². The van der Waals surface area contributed by atoms with Gasteiger partial charge in [-0.2, -0.15) is 0 Å². The summed E-state index contributed by atoms with van der Waals surface area (Å²) < 4.78 is 11.9. The normalized spacial score (nSPS) is 12.7. The number of benzene rings is 2. The van der Waals surface area contributed by atoms with Crippen molar-refractivity contribution in [3.8, 4) is 11.5 Å². The van der Waals surface area contributed by atoms with Gasteiger partial charge in [-0.05, 0) is 41.8 Å². The van der Waals surface area contributed by atoms with Gasteiger partial charge < -0.3 is 14.8 Å². The van der Waals surface area contributed by atoms with Gasteiger partial charge >= 0.3 is 0 Å². The average Bonchev–Trinajstić information content (AvgIpc) is 2.95. The second kappa shape index (κ2) is 6.39. The van der Waals surface area contributed by atoms with E-state index in [9.17, 15) is 0 Å². The number of anilines is 1. The van der Waals surface area contributed by atoms with Crippen molar-refractivity contribution in [1.29, 1.82) is 0 Å². The first-order chi connectivity index (χ1) is 10.3. The highest BCUT2D eigenvalue weighted by molar-refractivity contribution is 9.10. The van der Waals surface area contributed by atoms with Crippen molar-refractivity contribution in [3.05, 3.63) is 52.0 Å². The van der Waals surface area contributed by atoms with E-state index in [1.54, 1.807) is 7.11 Å². The maximum Gasteiger partial charge on any atom is 0.142 e. The van der Waals surface area contributed by atoms with Crippen LogP contribution >= 0.6 is 15.9 Å². The number of halogens is 1. The van der Waals surface area contributed by atoms with E-state index < -0.39 is 0 Å². The van der Waals surface area contributed by atoms with Crippen molar-refractivity contribution in [2.75, 3.05) is 25.6 Å². The maximum absolute atomic E-state index is 5.53. The molecule has 1 N–H and O–H groups in total. The van der Waals surface area contributed by atoms with Gasteiger partial charge in [-0.3, -0.25) is 0 Å². The standard InChI is InChI=1S/C17H18BrNO2/c1-20-17-5-3-14(18)11-15(17)19-8-6-12-2-4-16-13(10-12)7-9-21-16/h2-5,10-11,19H,6-9H2,1H3. The van der Waals surface area contributed by atoms with Crippen LogP contribution in [0.15, 0.2) is 40.9 Å². The van der Waals surface area contributed by atoms with E-state index in [-0.39, 0.29) is 0 Å². The van der Waals surface area contributed by atoms with E-state index in [1.807, 2.05) is 18.2 Å². The third kappa shape index (κ3) is 3.32. The Morgan fingerprint density at radius 2 is 2.14 bits per heavy atom. The molecule has 1 heterocycles. The third-order valence-corrected chi connectivity index (χ3v) is 4.14. The first kappa shape index (κ1) is 14.3. The number of ether oxygens (including phenoxy) is 2. The summed E-state index contributed by atoms with van der Waals surface area (Å²) in [6.45, 7) is 1.68. The van der Waals surface area contributed by atoms with Crippen LogP contribution in [-0.4, -0.2) is 20.3 Å². The first-order valence-corrected chi connectivity index (χ1v) is 7.87. The number of rotatable bonds is 5. The molecule has 0 atom stereocenters. The smallest absolute Gasteiger partial charge is 0.142 e. The van der Waals surface area contributed by atoms with Crippen LogP contribution in [0.2, 0.25) is 0 Å². The van der Waals surface area contributed by atoms with E-state index in [1.165, 1.54) is 11.1 Å². The van der Waals surface area contributed by atoms with Gasteiger partial charge in [0.25, 0.3) is 0 Å². The lowest BCUT2D eigenvalue weighted by Crippen LogP contribution is -2.06. The molecule has 0 saturated carbocycles. The lowest BCUT2D eigenvalue weighted by atomic mass is 10.1. The fourth-order valence-electron chi connectivity index (χ4n) is 2.56. The highest BCUT2D eigenvalue weighted by Gasteiger charge is 2.11. The molecule has 3 nitrogen and oxygen atoms in total. The SMILES string of the molecule is COc1ccc(Br)cc1NCCc1ccc2c(c1)CCO2. The molecular formula is C17H18BrNO2. The van der Waals surface area contributed by atoms with Gasteiger partial charge in [0.05, 0.1) is 19.4 Å². The molecule has 0 saturated heterocycles. The van der Waals surface area contributed by atoms with E-state index >= 15 is 0 Å². The number of nitrogens with one attached hydrogen (secondary N) is 1. The molecular weight excluding hydrogens is 330 g/mol. The Bertz CT molecular complexity index is 643. The molecule has 0 unspecified atom stereocenters. The predicted octanol–water partition coefficient (Wildman–Crippen LogP) is 4.05. The average molecular weight is 348 g/mol.